The zero-order chi connectivity index (χ0) is 11.5. The summed E-state index contributed by atoms with van der Waals surface area (Å²) in [5.74, 6) is -2.04. The summed E-state index contributed by atoms with van der Waals surface area (Å²) in [5.41, 5.74) is 0.0434. The van der Waals surface area contributed by atoms with Crippen molar-refractivity contribution in [2.75, 3.05) is 26.2 Å². The van der Waals surface area contributed by atoms with E-state index in [-0.39, 0.29) is 17.9 Å². The molecule has 88 valence electrons. The number of phenols is 1. The fourth-order valence-corrected chi connectivity index (χ4v) is 1.83. The van der Waals surface area contributed by atoms with Gasteiger partial charge in [-0.25, -0.2) is 8.78 Å². The van der Waals surface area contributed by atoms with Crippen LogP contribution >= 0.6 is 0 Å². The lowest BCUT2D eigenvalue weighted by Crippen LogP contribution is -2.43. The van der Waals surface area contributed by atoms with E-state index in [2.05, 4.69) is 5.32 Å². The van der Waals surface area contributed by atoms with Crippen molar-refractivity contribution in [2.45, 2.75) is 6.54 Å². The standard InChI is InChI=1S/C11H14F2N2O/c12-9-1-2-10(16)8(11(9)13)7-15-5-3-14-4-6-15/h1-2,14,16H,3-7H2. The molecule has 1 aromatic carbocycles. The van der Waals surface area contributed by atoms with Crippen LogP contribution in [0.1, 0.15) is 5.56 Å². The van der Waals surface area contributed by atoms with E-state index in [1.807, 2.05) is 4.90 Å². The van der Waals surface area contributed by atoms with E-state index in [9.17, 15) is 13.9 Å². The Bertz CT molecular complexity index is 378. The quantitative estimate of drug-likeness (QED) is 0.795. The second-order valence-electron chi connectivity index (χ2n) is 3.89. The van der Waals surface area contributed by atoms with Gasteiger partial charge < -0.3 is 10.4 Å². The Kier molecular flexibility index (Phi) is 3.36. The first-order valence-electron chi connectivity index (χ1n) is 5.27. The minimum absolute atomic E-state index is 0.0434. The van der Waals surface area contributed by atoms with Crippen molar-refractivity contribution in [3.63, 3.8) is 0 Å². The fourth-order valence-electron chi connectivity index (χ4n) is 1.83. The molecule has 1 aliphatic rings. The molecule has 1 aliphatic heterocycles. The summed E-state index contributed by atoms with van der Waals surface area (Å²) in [7, 11) is 0. The van der Waals surface area contributed by atoms with Crippen LogP contribution in [0.15, 0.2) is 12.1 Å². The molecule has 1 fully saturated rings. The van der Waals surface area contributed by atoms with Crippen LogP contribution in [0.25, 0.3) is 0 Å². The zero-order valence-electron chi connectivity index (χ0n) is 8.84. The average molecular weight is 228 g/mol. The lowest BCUT2D eigenvalue weighted by atomic mass is 10.1. The third kappa shape index (κ3) is 2.31. The van der Waals surface area contributed by atoms with Gasteiger partial charge in [0.15, 0.2) is 11.6 Å². The van der Waals surface area contributed by atoms with Gasteiger partial charge >= 0.3 is 0 Å². The largest absolute Gasteiger partial charge is 0.508 e. The monoisotopic (exact) mass is 228 g/mol. The molecule has 0 atom stereocenters. The highest BCUT2D eigenvalue weighted by atomic mass is 19.2. The van der Waals surface area contributed by atoms with Gasteiger partial charge in [0.1, 0.15) is 5.75 Å². The van der Waals surface area contributed by atoms with E-state index >= 15 is 0 Å². The number of hydrogen-bond acceptors (Lipinski definition) is 3. The summed E-state index contributed by atoms with van der Waals surface area (Å²) in [6, 6.07) is 2.13. The van der Waals surface area contributed by atoms with E-state index in [0.29, 0.717) is 0 Å². The van der Waals surface area contributed by atoms with Gasteiger partial charge in [0.05, 0.1) is 0 Å². The minimum atomic E-state index is -0.946. The number of benzene rings is 1. The van der Waals surface area contributed by atoms with Crippen molar-refractivity contribution >= 4 is 0 Å². The summed E-state index contributed by atoms with van der Waals surface area (Å²) in [6.45, 7) is 3.46. The van der Waals surface area contributed by atoms with Crippen molar-refractivity contribution in [3.05, 3.63) is 29.3 Å². The number of phenolic OH excluding ortho intramolecular Hbond substituents is 1. The van der Waals surface area contributed by atoms with Crippen LogP contribution in [-0.2, 0) is 6.54 Å². The summed E-state index contributed by atoms with van der Waals surface area (Å²) in [6.07, 6.45) is 0. The SMILES string of the molecule is Oc1ccc(F)c(F)c1CN1CCNCC1. The van der Waals surface area contributed by atoms with E-state index in [1.54, 1.807) is 0 Å². The molecule has 0 unspecified atom stereocenters. The molecule has 0 aromatic heterocycles. The van der Waals surface area contributed by atoms with Gasteiger partial charge in [-0.3, -0.25) is 4.90 Å². The number of halogens is 2. The van der Waals surface area contributed by atoms with Crippen molar-refractivity contribution in [1.29, 1.82) is 0 Å². The highest BCUT2D eigenvalue weighted by Gasteiger charge is 2.17. The molecule has 1 saturated heterocycles. The first-order valence-corrected chi connectivity index (χ1v) is 5.27. The lowest BCUT2D eigenvalue weighted by Gasteiger charge is -2.27. The molecule has 5 heteroatoms. The second kappa shape index (κ2) is 4.76. The van der Waals surface area contributed by atoms with Crippen LogP contribution in [0.5, 0.6) is 5.75 Å². The summed E-state index contributed by atoms with van der Waals surface area (Å²) in [5, 5.41) is 12.7. The molecular weight excluding hydrogens is 214 g/mol. The molecule has 0 spiro atoms. The predicted molar refractivity (Wildman–Crippen MR) is 56.2 cm³/mol. The van der Waals surface area contributed by atoms with Crippen molar-refractivity contribution in [3.8, 4) is 5.75 Å². The second-order valence-corrected chi connectivity index (χ2v) is 3.89. The molecule has 1 heterocycles. The molecule has 0 radical (unpaired) electrons. The number of nitrogens with one attached hydrogen (secondary N) is 1. The van der Waals surface area contributed by atoms with Gasteiger partial charge in [0, 0.05) is 38.3 Å². The van der Waals surface area contributed by atoms with Crippen molar-refractivity contribution in [2.24, 2.45) is 0 Å². The zero-order valence-corrected chi connectivity index (χ0v) is 8.84. The number of nitrogens with zero attached hydrogens (tertiary/aromatic N) is 1. The van der Waals surface area contributed by atoms with Crippen LogP contribution in [0.2, 0.25) is 0 Å². The van der Waals surface area contributed by atoms with E-state index < -0.39 is 11.6 Å². The van der Waals surface area contributed by atoms with Crippen LogP contribution in [0.3, 0.4) is 0 Å². The topological polar surface area (TPSA) is 35.5 Å². The molecule has 16 heavy (non-hydrogen) atoms. The molecule has 0 aliphatic carbocycles. The van der Waals surface area contributed by atoms with Crippen LogP contribution in [0.4, 0.5) is 8.78 Å². The molecule has 0 bridgehead atoms. The summed E-state index contributed by atoms with van der Waals surface area (Å²) in [4.78, 5) is 1.98. The van der Waals surface area contributed by atoms with Gasteiger partial charge in [-0.1, -0.05) is 0 Å². The van der Waals surface area contributed by atoms with Crippen molar-refractivity contribution < 1.29 is 13.9 Å². The van der Waals surface area contributed by atoms with Crippen LogP contribution in [0, 0.1) is 11.6 Å². The Morgan fingerprint density at radius 2 is 1.94 bits per heavy atom. The number of piperazine rings is 1. The van der Waals surface area contributed by atoms with Crippen LogP contribution in [-0.4, -0.2) is 36.2 Å². The van der Waals surface area contributed by atoms with Gasteiger partial charge in [-0.05, 0) is 12.1 Å². The maximum atomic E-state index is 13.4. The van der Waals surface area contributed by atoms with E-state index in [4.69, 9.17) is 0 Å². The molecule has 0 saturated carbocycles. The normalized spacial score (nSPS) is 17.6. The number of aromatic hydroxyl groups is 1. The first-order chi connectivity index (χ1) is 7.68. The van der Waals surface area contributed by atoms with Gasteiger partial charge in [0.25, 0.3) is 0 Å². The first kappa shape index (κ1) is 11.3. The maximum Gasteiger partial charge on any atom is 0.167 e. The smallest absolute Gasteiger partial charge is 0.167 e. The Balaban J connectivity index is 2.16. The van der Waals surface area contributed by atoms with E-state index in [0.717, 1.165) is 32.2 Å². The third-order valence-corrected chi connectivity index (χ3v) is 2.76. The average Bonchev–Trinajstić information content (AvgIpc) is 2.31. The Labute approximate surface area is 92.7 Å². The predicted octanol–water partition coefficient (Wildman–Crippen LogP) is 1.08. The summed E-state index contributed by atoms with van der Waals surface area (Å²) < 4.78 is 26.4. The lowest BCUT2D eigenvalue weighted by molar-refractivity contribution is 0.226. The minimum Gasteiger partial charge on any atom is -0.508 e. The molecule has 2 N–H and O–H groups in total. The van der Waals surface area contributed by atoms with E-state index in [1.165, 1.54) is 6.07 Å². The van der Waals surface area contributed by atoms with Crippen molar-refractivity contribution in [1.82, 2.24) is 10.2 Å². The van der Waals surface area contributed by atoms with Crippen LogP contribution < -0.4 is 5.32 Å². The Morgan fingerprint density at radius 1 is 1.25 bits per heavy atom. The number of hydrogen-bond donors (Lipinski definition) is 2. The molecule has 0 amide bonds. The highest BCUT2D eigenvalue weighted by Crippen LogP contribution is 2.24. The molecule has 1 aromatic rings. The Hall–Kier alpha value is -1.20. The third-order valence-electron chi connectivity index (χ3n) is 2.76. The maximum absolute atomic E-state index is 13.4. The molecule has 3 nitrogen and oxygen atoms in total. The summed E-state index contributed by atoms with van der Waals surface area (Å²) >= 11 is 0. The molecular formula is C11H14F2N2O. The number of rotatable bonds is 2. The fraction of sp³-hybridized carbons (Fsp3) is 0.455. The Morgan fingerprint density at radius 3 is 2.62 bits per heavy atom. The van der Waals surface area contributed by atoms with Gasteiger partial charge in [-0.15, -0.1) is 0 Å². The molecule has 2 rings (SSSR count). The van der Waals surface area contributed by atoms with Gasteiger partial charge in [0.2, 0.25) is 0 Å². The highest BCUT2D eigenvalue weighted by molar-refractivity contribution is 5.34. The van der Waals surface area contributed by atoms with Gasteiger partial charge in [-0.2, -0.15) is 0 Å².